The van der Waals surface area contributed by atoms with Crippen LogP contribution in [-0.2, 0) is 11.3 Å². The molecule has 1 aromatic carbocycles. The van der Waals surface area contributed by atoms with Crippen LogP contribution in [0.25, 0.3) is 22.2 Å². The van der Waals surface area contributed by atoms with Crippen molar-refractivity contribution in [2.45, 2.75) is 78.6 Å². The standard InChI is InChI=1S/C34H42FIN8O2/c1-20(2)44-21(3)40-31-27(36-7)11-24(12-28(31)44)25-13-30(37-16-26(25)35)41-32-38-14-22(15-39-32)17-42-10-8-9-23-18-43(19-29(23)42)33(45)46-34(4,5)6/h11-16,20,23,29H,7-10,17-19H2,1-6H3,(H,37,38,39,41)/t23-,29+/m0/s1. The van der Waals surface area contributed by atoms with Crippen LogP contribution in [0.2, 0.25) is 0 Å². The van der Waals surface area contributed by atoms with Crippen molar-refractivity contribution >= 4 is 54.1 Å². The number of nitrogens with zero attached hydrogens (tertiary/aromatic N) is 7. The summed E-state index contributed by atoms with van der Waals surface area (Å²) in [5.41, 5.74) is 3.63. The highest BCUT2D eigenvalue weighted by Crippen LogP contribution is 2.35. The van der Waals surface area contributed by atoms with Gasteiger partial charge in [0, 0.05) is 58.8 Å². The van der Waals surface area contributed by atoms with E-state index in [1.54, 1.807) is 6.07 Å². The summed E-state index contributed by atoms with van der Waals surface area (Å²) in [7, 11) is 0. The van der Waals surface area contributed by atoms with Gasteiger partial charge in [0.05, 0.1) is 11.7 Å². The molecular weight excluding hydrogens is 698 g/mol. The molecule has 12 heteroatoms. The van der Waals surface area contributed by atoms with E-state index in [2.05, 4.69) is 48.1 Å². The molecular formula is C34H42FIN8O2. The fourth-order valence-electron chi connectivity index (χ4n) is 6.70. The topological polar surface area (TPSA) is 101 Å². The first-order valence-electron chi connectivity index (χ1n) is 15.8. The van der Waals surface area contributed by atoms with Gasteiger partial charge in [-0.25, -0.2) is 29.1 Å². The molecule has 2 saturated heterocycles. The third kappa shape index (κ3) is 6.78. The Bertz CT molecular complexity index is 1770. The molecule has 3 aromatic heterocycles. The van der Waals surface area contributed by atoms with Gasteiger partial charge in [-0.15, -0.1) is 0 Å². The van der Waals surface area contributed by atoms with Crippen LogP contribution in [0.3, 0.4) is 0 Å². The summed E-state index contributed by atoms with van der Waals surface area (Å²) in [6, 6.07) is 6.22. The molecule has 0 unspecified atom stereocenters. The Labute approximate surface area is 279 Å². The fraction of sp³-hybridized carbons (Fsp3) is 0.471. The molecule has 2 atom stereocenters. The van der Waals surface area contributed by atoms with E-state index in [0.717, 1.165) is 57.5 Å². The van der Waals surface area contributed by atoms with Crippen LogP contribution in [0.15, 0.2) is 36.8 Å². The number of carbonyl (C=O) groups excluding carboxylic acids is 1. The lowest BCUT2D eigenvalue weighted by atomic mass is 9.92. The summed E-state index contributed by atoms with van der Waals surface area (Å²) < 4.78 is 28.3. The number of piperidine rings is 1. The van der Waals surface area contributed by atoms with E-state index in [9.17, 15) is 4.79 Å². The molecule has 244 valence electrons. The molecule has 0 spiro atoms. The third-order valence-electron chi connectivity index (χ3n) is 8.63. The van der Waals surface area contributed by atoms with Crippen LogP contribution in [0.5, 0.6) is 0 Å². The van der Waals surface area contributed by atoms with Crippen LogP contribution < -0.4 is 5.32 Å². The van der Waals surface area contributed by atoms with Crippen molar-refractivity contribution in [1.29, 1.82) is 0 Å². The second-order valence-electron chi connectivity index (χ2n) is 13.5. The Kier molecular flexibility index (Phi) is 9.12. The predicted octanol–water partition coefficient (Wildman–Crippen LogP) is 7.06. The molecule has 2 aliphatic heterocycles. The number of fused-ring (bicyclic) bond motifs is 2. The highest BCUT2D eigenvalue weighted by molar-refractivity contribution is 14.2. The molecule has 1 N–H and O–H groups in total. The largest absolute Gasteiger partial charge is 0.444 e. The van der Waals surface area contributed by atoms with E-state index in [-0.39, 0.29) is 18.2 Å². The quantitative estimate of drug-likeness (QED) is 0.201. The van der Waals surface area contributed by atoms with Crippen molar-refractivity contribution in [1.82, 2.24) is 34.3 Å². The smallest absolute Gasteiger partial charge is 0.410 e. The number of hydrogen-bond donors (Lipinski definition) is 1. The Morgan fingerprint density at radius 2 is 1.91 bits per heavy atom. The number of amides is 1. The second kappa shape index (κ2) is 12.9. The number of aryl methyl sites for hydroxylation is 1. The number of nitrogens with one attached hydrogen (secondary N) is 1. The highest BCUT2D eigenvalue weighted by atomic mass is 127. The fourth-order valence-corrected chi connectivity index (χ4v) is 8.02. The summed E-state index contributed by atoms with van der Waals surface area (Å²) in [5, 5.41) is 3.15. The Morgan fingerprint density at radius 1 is 1.15 bits per heavy atom. The van der Waals surface area contributed by atoms with Crippen LogP contribution in [0.4, 0.5) is 21.0 Å². The number of imidazole rings is 1. The average molecular weight is 741 g/mol. The minimum atomic E-state index is -0.530. The number of pyridine rings is 1. The predicted molar refractivity (Wildman–Crippen MR) is 188 cm³/mol. The number of likely N-dealkylation sites (tertiary alicyclic amines) is 2. The zero-order chi connectivity index (χ0) is 32.7. The second-order valence-corrected chi connectivity index (χ2v) is 15.4. The summed E-state index contributed by atoms with van der Waals surface area (Å²) in [6.07, 6.45) is 6.83. The molecule has 4 aromatic rings. The van der Waals surface area contributed by atoms with Crippen molar-refractivity contribution in [3.8, 4) is 11.1 Å². The van der Waals surface area contributed by atoms with E-state index >= 15 is 4.39 Å². The van der Waals surface area contributed by atoms with Gasteiger partial charge in [-0.05, 0) is 90.6 Å². The third-order valence-corrected chi connectivity index (χ3v) is 10.3. The summed E-state index contributed by atoms with van der Waals surface area (Å²) in [6.45, 7) is 15.0. The summed E-state index contributed by atoms with van der Waals surface area (Å²) in [4.78, 5) is 35.2. The number of ether oxygens (including phenoxy) is 1. The maximum Gasteiger partial charge on any atom is 0.410 e. The number of anilines is 2. The van der Waals surface area contributed by atoms with Crippen LogP contribution in [0.1, 0.15) is 64.9 Å². The molecule has 6 rings (SSSR count). The maximum absolute atomic E-state index is 15.2. The van der Waals surface area contributed by atoms with Crippen LogP contribution in [0, 0.1) is 22.2 Å². The number of aromatic nitrogens is 5. The average Bonchev–Trinajstić information content (AvgIpc) is 3.59. The monoisotopic (exact) mass is 740 g/mol. The van der Waals surface area contributed by atoms with Gasteiger partial charge in [-0.2, -0.15) is 0 Å². The van der Waals surface area contributed by atoms with Crippen molar-refractivity contribution in [3.63, 3.8) is 0 Å². The lowest BCUT2D eigenvalue weighted by Gasteiger charge is -2.36. The van der Waals surface area contributed by atoms with Gasteiger partial charge in [-0.1, -0.05) is 25.2 Å². The van der Waals surface area contributed by atoms with Crippen molar-refractivity contribution in [3.05, 3.63) is 57.6 Å². The van der Waals surface area contributed by atoms with Crippen molar-refractivity contribution in [2.24, 2.45) is 5.92 Å². The van der Waals surface area contributed by atoms with E-state index in [1.807, 2.05) is 57.1 Å². The minimum Gasteiger partial charge on any atom is -0.444 e. The number of carbonyl (C=O) groups is 1. The van der Waals surface area contributed by atoms with E-state index in [4.69, 9.17) is 9.72 Å². The Morgan fingerprint density at radius 3 is 2.61 bits per heavy atom. The lowest BCUT2D eigenvalue weighted by molar-refractivity contribution is 0.0279. The summed E-state index contributed by atoms with van der Waals surface area (Å²) >= 11 is -0.530. The zero-order valence-corrected chi connectivity index (χ0v) is 29.5. The normalized spacial score (nSPS) is 18.7. The number of halogens is 2. The van der Waals surface area contributed by atoms with E-state index in [1.165, 1.54) is 6.20 Å². The van der Waals surface area contributed by atoms with Gasteiger partial charge < -0.3 is 19.5 Å². The number of benzene rings is 1. The van der Waals surface area contributed by atoms with Gasteiger partial charge in [0.15, 0.2) is 0 Å². The molecule has 10 nitrogen and oxygen atoms in total. The van der Waals surface area contributed by atoms with Crippen LogP contribution in [-0.4, -0.2) is 76.2 Å². The summed E-state index contributed by atoms with van der Waals surface area (Å²) in [5.74, 6) is 1.80. The maximum atomic E-state index is 15.2. The molecule has 5 heterocycles. The molecule has 46 heavy (non-hydrogen) atoms. The Hall–Kier alpha value is -3.52. The molecule has 0 radical (unpaired) electrons. The Balaban J connectivity index is 1.17. The molecule has 2 fully saturated rings. The zero-order valence-electron chi connectivity index (χ0n) is 27.3. The van der Waals surface area contributed by atoms with Gasteiger partial charge in [-0.3, -0.25) is 4.90 Å². The van der Waals surface area contributed by atoms with Gasteiger partial charge in [0.1, 0.15) is 28.6 Å². The van der Waals surface area contributed by atoms with Crippen LogP contribution >= 0.6 is 20.7 Å². The molecule has 0 aliphatic carbocycles. The highest BCUT2D eigenvalue weighted by Gasteiger charge is 2.41. The molecule has 0 bridgehead atoms. The van der Waals surface area contributed by atoms with Gasteiger partial charge in [0.25, 0.3) is 0 Å². The molecule has 1 amide bonds. The van der Waals surface area contributed by atoms with Gasteiger partial charge >= 0.3 is 6.09 Å². The SMILES string of the molecule is C=Ic1cc(-c2cc(Nc3ncc(CN4CCC[C@H]5CN(C(=O)OC(C)(C)C)C[C@H]54)cn3)ncc2F)cc2c1nc(C)n2C(C)C. The van der Waals surface area contributed by atoms with E-state index in [0.29, 0.717) is 36.3 Å². The first-order chi connectivity index (χ1) is 21.9. The van der Waals surface area contributed by atoms with Crippen molar-refractivity contribution < 1.29 is 13.9 Å². The number of rotatable bonds is 7. The van der Waals surface area contributed by atoms with Gasteiger partial charge in [0.2, 0.25) is 5.95 Å². The van der Waals surface area contributed by atoms with Crippen molar-refractivity contribution in [2.75, 3.05) is 25.0 Å². The first kappa shape index (κ1) is 32.4. The lowest BCUT2D eigenvalue weighted by Crippen LogP contribution is -2.45. The minimum absolute atomic E-state index is 0.220. The first-order valence-corrected chi connectivity index (χ1v) is 18.4. The molecule has 0 saturated carbocycles. The number of hydrogen-bond acceptors (Lipinski definition) is 8. The van der Waals surface area contributed by atoms with E-state index < -0.39 is 32.1 Å². The molecule has 2 aliphatic rings.